The van der Waals surface area contributed by atoms with Crippen molar-refractivity contribution in [2.45, 2.75) is 12.3 Å². The van der Waals surface area contributed by atoms with E-state index >= 15 is 0 Å². The van der Waals surface area contributed by atoms with Gasteiger partial charge in [-0.3, -0.25) is 0 Å². The summed E-state index contributed by atoms with van der Waals surface area (Å²) in [6.45, 7) is 1.88. The maximum absolute atomic E-state index is 5.92. The van der Waals surface area contributed by atoms with Crippen LogP contribution >= 0.6 is 34.5 Å². The summed E-state index contributed by atoms with van der Waals surface area (Å²) in [5.74, 6) is 0. The van der Waals surface area contributed by atoms with Crippen LogP contribution in [0.1, 0.15) is 17.3 Å². The van der Waals surface area contributed by atoms with Gasteiger partial charge in [0.25, 0.3) is 0 Å². The molecule has 0 fully saturated rings. The van der Waals surface area contributed by atoms with E-state index in [0.29, 0.717) is 5.02 Å². The maximum atomic E-state index is 5.92. The Bertz CT molecular complexity index is 451. The first-order chi connectivity index (χ1) is 7.16. The molecular formula is C10H8Cl2N2S. The zero-order valence-electron chi connectivity index (χ0n) is 7.95. The molecule has 2 aromatic rings. The zero-order valence-corrected chi connectivity index (χ0v) is 10.3. The Balaban J connectivity index is 2.33. The third-order valence-corrected chi connectivity index (χ3v) is 3.62. The zero-order chi connectivity index (χ0) is 10.8. The second-order valence-electron chi connectivity index (χ2n) is 3.07. The number of hydrogen-bond donors (Lipinski definition) is 0. The SMILES string of the molecule is CC(Cl)c1nnc(-c2ccc(Cl)cc2)s1. The number of alkyl halides is 1. The summed E-state index contributed by atoms with van der Waals surface area (Å²) in [5.41, 5.74) is 1.01. The Morgan fingerprint density at radius 3 is 2.40 bits per heavy atom. The number of aromatic nitrogens is 2. The van der Waals surface area contributed by atoms with E-state index in [0.717, 1.165) is 15.6 Å². The van der Waals surface area contributed by atoms with Gasteiger partial charge in [0.1, 0.15) is 10.0 Å². The molecule has 1 atom stereocenters. The van der Waals surface area contributed by atoms with Gasteiger partial charge in [0.15, 0.2) is 0 Å². The first kappa shape index (κ1) is 10.9. The predicted octanol–water partition coefficient (Wildman–Crippen LogP) is 4.16. The molecule has 0 spiro atoms. The molecule has 0 saturated carbocycles. The van der Waals surface area contributed by atoms with Gasteiger partial charge in [0.05, 0.1) is 5.38 Å². The summed E-state index contributed by atoms with van der Waals surface area (Å²) < 4.78 is 0. The van der Waals surface area contributed by atoms with Crippen molar-refractivity contribution in [3.8, 4) is 10.6 Å². The monoisotopic (exact) mass is 258 g/mol. The third-order valence-electron chi connectivity index (χ3n) is 1.87. The van der Waals surface area contributed by atoms with Crippen LogP contribution < -0.4 is 0 Å². The molecular weight excluding hydrogens is 251 g/mol. The third kappa shape index (κ3) is 2.48. The van der Waals surface area contributed by atoms with Crippen LogP contribution in [0.15, 0.2) is 24.3 Å². The number of hydrogen-bond acceptors (Lipinski definition) is 3. The van der Waals surface area contributed by atoms with Crippen molar-refractivity contribution in [1.82, 2.24) is 10.2 Å². The summed E-state index contributed by atoms with van der Waals surface area (Å²) in [4.78, 5) is 0. The lowest BCUT2D eigenvalue weighted by Gasteiger charge is -1.94. The van der Waals surface area contributed by atoms with Crippen LogP contribution in [0, 0.1) is 0 Å². The van der Waals surface area contributed by atoms with Crippen molar-refractivity contribution < 1.29 is 0 Å². The summed E-state index contributed by atoms with van der Waals surface area (Å²) in [5, 5.41) is 10.4. The van der Waals surface area contributed by atoms with E-state index < -0.39 is 0 Å². The normalized spacial score (nSPS) is 12.7. The highest BCUT2D eigenvalue weighted by Crippen LogP contribution is 2.29. The Hall–Kier alpha value is -0.640. The average Bonchev–Trinajstić information content (AvgIpc) is 2.68. The quantitative estimate of drug-likeness (QED) is 0.757. The number of rotatable bonds is 2. The van der Waals surface area contributed by atoms with Crippen LogP contribution in [0.3, 0.4) is 0 Å². The van der Waals surface area contributed by atoms with Crippen molar-refractivity contribution in [3.63, 3.8) is 0 Å². The van der Waals surface area contributed by atoms with E-state index in [9.17, 15) is 0 Å². The van der Waals surface area contributed by atoms with Crippen LogP contribution in [-0.4, -0.2) is 10.2 Å². The second-order valence-corrected chi connectivity index (χ2v) is 5.17. The molecule has 0 aliphatic heterocycles. The molecule has 0 bridgehead atoms. The fourth-order valence-corrected chi connectivity index (χ4v) is 2.19. The lowest BCUT2D eigenvalue weighted by molar-refractivity contribution is 0.962. The molecule has 2 nitrogen and oxygen atoms in total. The first-order valence-corrected chi connectivity index (χ1v) is 6.03. The predicted molar refractivity (Wildman–Crippen MR) is 64.6 cm³/mol. The summed E-state index contributed by atoms with van der Waals surface area (Å²) in [6.07, 6.45) is 0. The molecule has 5 heteroatoms. The summed E-state index contributed by atoms with van der Waals surface area (Å²) >= 11 is 13.2. The molecule has 1 heterocycles. The van der Waals surface area contributed by atoms with Crippen molar-refractivity contribution >= 4 is 34.5 Å². The Kier molecular flexibility index (Phi) is 3.24. The molecule has 78 valence electrons. The van der Waals surface area contributed by atoms with Crippen LogP contribution in [0.5, 0.6) is 0 Å². The van der Waals surface area contributed by atoms with Crippen molar-refractivity contribution in [1.29, 1.82) is 0 Å². The first-order valence-electron chi connectivity index (χ1n) is 4.40. The number of halogens is 2. The smallest absolute Gasteiger partial charge is 0.142 e. The topological polar surface area (TPSA) is 25.8 Å². The molecule has 0 aliphatic carbocycles. The maximum Gasteiger partial charge on any atom is 0.147 e. The average molecular weight is 259 g/mol. The van der Waals surface area contributed by atoms with Gasteiger partial charge >= 0.3 is 0 Å². The highest BCUT2D eigenvalue weighted by molar-refractivity contribution is 7.15. The van der Waals surface area contributed by atoms with Crippen LogP contribution in [0.2, 0.25) is 5.02 Å². The van der Waals surface area contributed by atoms with Gasteiger partial charge in [-0.25, -0.2) is 0 Å². The highest BCUT2D eigenvalue weighted by Gasteiger charge is 2.10. The van der Waals surface area contributed by atoms with Gasteiger partial charge in [-0.05, 0) is 19.1 Å². The molecule has 0 radical (unpaired) electrons. The fourth-order valence-electron chi connectivity index (χ4n) is 1.10. The largest absolute Gasteiger partial charge is 0.147 e. The minimum atomic E-state index is -0.0939. The molecule has 0 amide bonds. The molecule has 1 aromatic heterocycles. The molecule has 1 aromatic carbocycles. The van der Waals surface area contributed by atoms with Crippen molar-refractivity contribution in [2.24, 2.45) is 0 Å². The molecule has 0 saturated heterocycles. The van der Waals surface area contributed by atoms with E-state index in [-0.39, 0.29) is 5.38 Å². The van der Waals surface area contributed by atoms with E-state index in [4.69, 9.17) is 23.2 Å². The van der Waals surface area contributed by atoms with Gasteiger partial charge in [0, 0.05) is 10.6 Å². The summed E-state index contributed by atoms with van der Waals surface area (Å²) in [7, 11) is 0. The standard InChI is InChI=1S/C10H8Cl2N2S/c1-6(11)9-13-14-10(15-9)7-2-4-8(12)5-3-7/h2-6H,1H3. The van der Waals surface area contributed by atoms with Crippen LogP contribution in [0.4, 0.5) is 0 Å². The van der Waals surface area contributed by atoms with Crippen LogP contribution in [-0.2, 0) is 0 Å². The Morgan fingerprint density at radius 2 is 1.87 bits per heavy atom. The second kappa shape index (κ2) is 4.47. The van der Waals surface area contributed by atoms with Gasteiger partial charge in [-0.2, -0.15) is 0 Å². The van der Waals surface area contributed by atoms with Gasteiger partial charge in [0.2, 0.25) is 0 Å². The van der Waals surface area contributed by atoms with Crippen LogP contribution in [0.25, 0.3) is 10.6 Å². The molecule has 0 N–H and O–H groups in total. The minimum absolute atomic E-state index is 0.0939. The Labute approximate surface area is 102 Å². The Morgan fingerprint density at radius 1 is 1.20 bits per heavy atom. The van der Waals surface area contributed by atoms with Gasteiger partial charge in [-0.15, -0.1) is 21.8 Å². The van der Waals surface area contributed by atoms with E-state index in [2.05, 4.69) is 10.2 Å². The van der Waals surface area contributed by atoms with Crippen molar-refractivity contribution in [3.05, 3.63) is 34.3 Å². The van der Waals surface area contributed by atoms with Gasteiger partial charge < -0.3 is 0 Å². The minimum Gasteiger partial charge on any atom is -0.142 e. The summed E-state index contributed by atoms with van der Waals surface area (Å²) in [6, 6.07) is 7.52. The fraction of sp³-hybridized carbons (Fsp3) is 0.200. The molecule has 0 aliphatic rings. The molecule has 15 heavy (non-hydrogen) atoms. The van der Waals surface area contributed by atoms with Crippen molar-refractivity contribution in [2.75, 3.05) is 0 Å². The lowest BCUT2D eigenvalue weighted by Crippen LogP contribution is -1.80. The van der Waals surface area contributed by atoms with E-state index in [1.165, 1.54) is 11.3 Å². The van der Waals surface area contributed by atoms with E-state index in [1.54, 1.807) is 0 Å². The number of benzene rings is 1. The van der Waals surface area contributed by atoms with E-state index in [1.807, 2.05) is 31.2 Å². The van der Waals surface area contributed by atoms with Gasteiger partial charge in [-0.1, -0.05) is 35.1 Å². The molecule has 1 unspecified atom stereocenters. The molecule has 2 rings (SSSR count). The highest BCUT2D eigenvalue weighted by atomic mass is 35.5. The number of nitrogens with zero attached hydrogens (tertiary/aromatic N) is 2. The lowest BCUT2D eigenvalue weighted by atomic mass is 10.2.